The molecule has 0 fully saturated rings. The van der Waals surface area contributed by atoms with Gasteiger partial charge in [-0.05, 0) is 31.6 Å². The zero-order chi connectivity index (χ0) is 13.4. The molecule has 0 aliphatic carbocycles. The van der Waals surface area contributed by atoms with Crippen molar-refractivity contribution in [3.05, 3.63) is 35.4 Å². The van der Waals surface area contributed by atoms with Crippen LogP contribution in [-0.2, 0) is 6.42 Å². The van der Waals surface area contributed by atoms with Crippen LogP contribution in [0.3, 0.4) is 0 Å². The highest BCUT2D eigenvalue weighted by molar-refractivity contribution is 5.95. The van der Waals surface area contributed by atoms with Gasteiger partial charge in [-0.1, -0.05) is 18.2 Å². The van der Waals surface area contributed by atoms with Crippen molar-refractivity contribution in [3.63, 3.8) is 0 Å². The summed E-state index contributed by atoms with van der Waals surface area (Å²) in [6.07, 6.45) is 1.19. The minimum Gasteiger partial charge on any atom is -0.341 e. The lowest BCUT2D eigenvalue weighted by molar-refractivity contribution is 0.0797. The maximum absolute atomic E-state index is 12.2. The van der Waals surface area contributed by atoms with Crippen molar-refractivity contribution in [1.82, 2.24) is 10.2 Å². The summed E-state index contributed by atoms with van der Waals surface area (Å²) in [6.45, 7) is 1.31. The lowest BCUT2D eigenvalue weighted by Gasteiger charge is -2.17. The normalized spacial score (nSPS) is 9.83. The molecule has 4 heteroatoms. The molecule has 1 rings (SSSR count). The second-order valence-electron chi connectivity index (χ2n) is 4.15. The molecule has 1 amide bonds. The van der Waals surface area contributed by atoms with Gasteiger partial charge in [0.25, 0.3) is 5.91 Å². The van der Waals surface area contributed by atoms with Crippen LogP contribution >= 0.6 is 0 Å². The number of hydrogen-bond donors (Lipinski definition) is 1. The molecule has 0 unspecified atom stereocenters. The standard InChI is InChI=1S/C14H19N3O/c1-16-10-8-12-6-3-4-7-13(12)14(18)17(2)11-5-9-15/h3-4,6-7,16H,5,8,10-11H2,1-2H3. The molecular weight excluding hydrogens is 226 g/mol. The predicted molar refractivity (Wildman–Crippen MR) is 71.3 cm³/mol. The summed E-state index contributed by atoms with van der Waals surface area (Å²) < 4.78 is 0. The summed E-state index contributed by atoms with van der Waals surface area (Å²) in [6, 6.07) is 9.68. The molecule has 0 radical (unpaired) electrons. The van der Waals surface area contributed by atoms with E-state index < -0.39 is 0 Å². The van der Waals surface area contributed by atoms with Gasteiger partial charge in [0, 0.05) is 19.2 Å². The third-order valence-electron chi connectivity index (χ3n) is 2.80. The van der Waals surface area contributed by atoms with E-state index in [1.165, 1.54) is 0 Å². The Morgan fingerprint density at radius 1 is 1.44 bits per heavy atom. The van der Waals surface area contributed by atoms with Crippen molar-refractivity contribution in [2.24, 2.45) is 0 Å². The van der Waals surface area contributed by atoms with E-state index in [9.17, 15) is 4.79 Å². The highest BCUT2D eigenvalue weighted by Gasteiger charge is 2.14. The quantitative estimate of drug-likeness (QED) is 0.825. The van der Waals surface area contributed by atoms with Crippen LogP contribution in [0.2, 0.25) is 0 Å². The maximum atomic E-state index is 12.2. The molecule has 0 aliphatic rings. The number of nitriles is 1. The molecule has 96 valence electrons. The predicted octanol–water partition coefficient (Wildman–Crippen LogP) is 1.43. The van der Waals surface area contributed by atoms with Crippen molar-refractivity contribution >= 4 is 5.91 Å². The number of rotatable bonds is 6. The van der Waals surface area contributed by atoms with E-state index in [2.05, 4.69) is 5.32 Å². The third-order valence-corrected chi connectivity index (χ3v) is 2.80. The number of benzene rings is 1. The van der Waals surface area contributed by atoms with E-state index in [1.807, 2.05) is 37.4 Å². The minimum atomic E-state index is -0.0167. The smallest absolute Gasteiger partial charge is 0.253 e. The second kappa shape index (κ2) is 7.46. The second-order valence-corrected chi connectivity index (χ2v) is 4.15. The topological polar surface area (TPSA) is 56.1 Å². The van der Waals surface area contributed by atoms with E-state index in [1.54, 1.807) is 11.9 Å². The largest absolute Gasteiger partial charge is 0.341 e. The van der Waals surface area contributed by atoms with Crippen LogP contribution < -0.4 is 5.32 Å². The Balaban J connectivity index is 2.81. The Hall–Kier alpha value is -1.86. The van der Waals surface area contributed by atoms with Crippen molar-refractivity contribution in [2.75, 3.05) is 27.2 Å². The van der Waals surface area contributed by atoms with Crippen LogP contribution in [0.25, 0.3) is 0 Å². The Morgan fingerprint density at radius 3 is 2.83 bits per heavy atom. The van der Waals surface area contributed by atoms with Crippen LogP contribution in [0, 0.1) is 11.3 Å². The lowest BCUT2D eigenvalue weighted by Crippen LogP contribution is -2.28. The summed E-state index contributed by atoms with van der Waals surface area (Å²) in [5, 5.41) is 11.6. The van der Waals surface area contributed by atoms with Crippen LogP contribution in [0.1, 0.15) is 22.3 Å². The van der Waals surface area contributed by atoms with Gasteiger partial charge in [0.2, 0.25) is 0 Å². The number of amides is 1. The van der Waals surface area contributed by atoms with Gasteiger partial charge in [-0.2, -0.15) is 5.26 Å². The van der Waals surface area contributed by atoms with E-state index in [0.29, 0.717) is 13.0 Å². The van der Waals surface area contributed by atoms with Gasteiger partial charge in [0.05, 0.1) is 12.5 Å². The fraction of sp³-hybridized carbons (Fsp3) is 0.429. The highest BCUT2D eigenvalue weighted by atomic mass is 16.2. The molecule has 18 heavy (non-hydrogen) atoms. The summed E-state index contributed by atoms with van der Waals surface area (Å²) in [7, 11) is 3.62. The Labute approximate surface area is 108 Å². The van der Waals surface area contributed by atoms with E-state index in [4.69, 9.17) is 5.26 Å². The van der Waals surface area contributed by atoms with Crippen molar-refractivity contribution in [2.45, 2.75) is 12.8 Å². The number of nitrogens with zero attached hydrogens (tertiary/aromatic N) is 2. The average molecular weight is 245 g/mol. The SMILES string of the molecule is CNCCc1ccccc1C(=O)N(C)CCC#N. The van der Waals surface area contributed by atoms with Crippen molar-refractivity contribution in [1.29, 1.82) is 5.26 Å². The van der Waals surface area contributed by atoms with E-state index in [0.717, 1.165) is 24.1 Å². The first-order valence-corrected chi connectivity index (χ1v) is 6.05. The van der Waals surface area contributed by atoms with Crippen LogP contribution in [-0.4, -0.2) is 38.0 Å². The lowest BCUT2D eigenvalue weighted by atomic mass is 10.0. The zero-order valence-electron chi connectivity index (χ0n) is 10.9. The molecule has 0 bridgehead atoms. The van der Waals surface area contributed by atoms with Gasteiger partial charge < -0.3 is 10.2 Å². The molecular formula is C14H19N3O. The first-order valence-electron chi connectivity index (χ1n) is 6.05. The molecule has 1 N–H and O–H groups in total. The number of hydrogen-bond acceptors (Lipinski definition) is 3. The van der Waals surface area contributed by atoms with Gasteiger partial charge in [-0.25, -0.2) is 0 Å². The Kier molecular flexibility index (Phi) is 5.89. The number of carbonyl (C=O) groups is 1. The number of carbonyl (C=O) groups excluding carboxylic acids is 1. The van der Waals surface area contributed by atoms with E-state index >= 15 is 0 Å². The van der Waals surface area contributed by atoms with Crippen molar-refractivity contribution < 1.29 is 4.79 Å². The summed E-state index contributed by atoms with van der Waals surface area (Å²) >= 11 is 0. The minimum absolute atomic E-state index is 0.0167. The molecule has 1 aromatic carbocycles. The summed E-state index contributed by atoms with van der Waals surface area (Å²) in [5.41, 5.74) is 1.77. The van der Waals surface area contributed by atoms with Crippen molar-refractivity contribution in [3.8, 4) is 6.07 Å². The first-order chi connectivity index (χ1) is 8.70. The van der Waals surface area contributed by atoms with Crippen LogP contribution in [0.4, 0.5) is 0 Å². The molecule has 0 aliphatic heterocycles. The fourth-order valence-electron chi connectivity index (χ4n) is 1.73. The van der Waals surface area contributed by atoms with Gasteiger partial charge in [-0.3, -0.25) is 4.79 Å². The maximum Gasteiger partial charge on any atom is 0.253 e. The van der Waals surface area contributed by atoms with Gasteiger partial charge in [0.1, 0.15) is 0 Å². The summed E-state index contributed by atoms with van der Waals surface area (Å²) in [4.78, 5) is 13.8. The van der Waals surface area contributed by atoms with Crippen LogP contribution in [0.15, 0.2) is 24.3 Å². The fourth-order valence-corrected chi connectivity index (χ4v) is 1.73. The summed E-state index contributed by atoms with van der Waals surface area (Å²) in [5.74, 6) is -0.0167. The molecule has 0 atom stereocenters. The first kappa shape index (κ1) is 14.2. The number of likely N-dealkylation sites (N-methyl/N-ethyl adjacent to an activating group) is 1. The molecule has 0 saturated heterocycles. The van der Waals surface area contributed by atoms with Gasteiger partial charge in [-0.15, -0.1) is 0 Å². The van der Waals surface area contributed by atoms with Gasteiger partial charge >= 0.3 is 0 Å². The Morgan fingerprint density at radius 2 is 2.17 bits per heavy atom. The Bertz CT molecular complexity index is 437. The molecule has 0 saturated carbocycles. The monoisotopic (exact) mass is 245 g/mol. The average Bonchev–Trinajstić information content (AvgIpc) is 2.42. The molecule has 1 aromatic rings. The molecule has 0 heterocycles. The number of nitrogens with one attached hydrogen (secondary N) is 1. The zero-order valence-corrected chi connectivity index (χ0v) is 10.9. The van der Waals surface area contributed by atoms with Gasteiger partial charge in [0.15, 0.2) is 0 Å². The molecule has 0 spiro atoms. The molecule has 4 nitrogen and oxygen atoms in total. The van der Waals surface area contributed by atoms with Crippen LogP contribution in [0.5, 0.6) is 0 Å². The third kappa shape index (κ3) is 3.86. The highest BCUT2D eigenvalue weighted by Crippen LogP contribution is 2.12. The van der Waals surface area contributed by atoms with E-state index in [-0.39, 0.29) is 5.91 Å². The molecule has 0 aromatic heterocycles.